The molecular formula is C39H47BrFN3O5Si. The van der Waals surface area contributed by atoms with E-state index in [1.54, 1.807) is 22.9 Å². The van der Waals surface area contributed by atoms with Crippen molar-refractivity contribution < 1.29 is 28.3 Å². The van der Waals surface area contributed by atoms with Gasteiger partial charge in [-0.1, -0.05) is 78.2 Å². The molecule has 2 saturated heterocycles. The Labute approximate surface area is 303 Å². The molecule has 3 heterocycles. The lowest BCUT2D eigenvalue weighted by molar-refractivity contribution is -0.150. The molecule has 3 amide bonds. The Morgan fingerprint density at radius 1 is 1.02 bits per heavy atom. The van der Waals surface area contributed by atoms with E-state index in [-0.39, 0.29) is 43.8 Å². The van der Waals surface area contributed by atoms with E-state index in [0.717, 1.165) is 47.0 Å². The predicted molar refractivity (Wildman–Crippen MR) is 199 cm³/mol. The summed E-state index contributed by atoms with van der Waals surface area (Å²) >= 11 is 3.59. The van der Waals surface area contributed by atoms with Gasteiger partial charge in [0, 0.05) is 53.2 Å². The van der Waals surface area contributed by atoms with Crippen LogP contribution in [0, 0.1) is 5.92 Å². The van der Waals surface area contributed by atoms with Gasteiger partial charge in [0.05, 0.1) is 31.4 Å². The summed E-state index contributed by atoms with van der Waals surface area (Å²) in [7, 11) is -3.49. The summed E-state index contributed by atoms with van der Waals surface area (Å²) in [6.45, 7) is 6.35. The molecule has 1 N–H and O–H groups in total. The summed E-state index contributed by atoms with van der Waals surface area (Å²) in [4.78, 5) is 46.7. The largest absolute Gasteiger partial charge is 0.395 e. The highest BCUT2D eigenvalue weighted by Gasteiger charge is 2.67. The quantitative estimate of drug-likeness (QED) is 0.171. The van der Waals surface area contributed by atoms with Crippen LogP contribution >= 0.6 is 15.9 Å². The summed E-state index contributed by atoms with van der Waals surface area (Å²) < 4.78 is 24.0. The zero-order chi connectivity index (χ0) is 35.6. The molecule has 2 fully saturated rings. The van der Waals surface area contributed by atoms with Gasteiger partial charge in [-0.15, -0.1) is 0 Å². The Bertz CT molecular complexity index is 1700. The molecular weight excluding hydrogens is 717 g/mol. The molecule has 0 aliphatic carbocycles. The first-order valence-electron chi connectivity index (χ1n) is 17.7. The SMILES string of the molecule is C[C@@H]1[C@@H]([Si](C)(C)F)[C@H](CC(=O)N(CCO)Cc2ccccc2)O[C@@]12C(=O)N(Cc1ccc(N3CCCCCCC3=O)cc1)c1ccc(Br)cc12. The smallest absolute Gasteiger partial charge is 0.264 e. The fourth-order valence-corrected chi connectivity index (χ4v) is 11.1. The minimum absolute atomic E-state index is 0.1000. The molecule has 3 aliphatic heterocycles. The molecule has 0 radical (unpaired) electrons. The molecule has 6 rings (SSSR count). The second-order valence-electron chi connectivity index (χ2n) is 14.4. The van der Waals surface area contributed by atoms with Crippen molar-refractivity contribution in [2.75, 3.05) is 29.5 Å². The molecule has 3 aromatic carbocycles. The summed E-state index contributed by atoms with van der Waals surface area (Å²) in [5.41, 5.74) is 1.93. The molecule has 3 aromatic rings. The number of aliphatic hydroxyl groups is 1. The van der Waals surface area contributed by atoms with Crippen molar-refractivity contribution in [2.45, 2.75) is 88.9 Å². The number of anilines is 2. The summed E-state index contributed by atoms with van der Waals surface area (Å²) in [6.07, 6.45) is 3.71. The van der Waals surface area contributed by atoms with E-state index in [1.165, 1.54) is 0 Å². The average molecular weight is 765 g/mol. The number of benzene rings is 3. The van der Waals surface area contributed by atoms with Gasteiger partial charge in [-0.3, -0.25) is 14.4 Å². The second-order valence-corrected chi connectivity index (χ2v) is 19.1. The van der Waals surface area contributed by atoms with Crippen molar-refractivity contribution in [3.05, 3.63) is 94.0 Å². The van der Waals surface area contributed by atoms with Crippen LogP contribution < -0.4 is 9.80 Å². The zero-order valence-electron chi connectivity index (χ0n) is 29.1. The molecule has 50 heavy (non-hydrogen) atoms. The lowest BCUT2D eigenvalue weighted by Crippen LogP contribution is -2.45. The van der Waals surface area contributed by atoms with Gasteiger partial charge in [-0.05, 0) is 67.4 Å². The van der Waals surface area contributed by atoms with E-state index in [4.69, 9.17) is 4.74 Å². The second kappa shape index (κ2) is 15.1. The standard InChI is InChI=1S/C39H47BrFN3O5Si/c1-27-37(50(2,3)41)34(24-36(47)42(21-22-45)25-28-11-7-6-8-12-28)49-39(27)32-23-30(40)16-19-33(32)44(38(39)48)26-29-14-17-31(18-15-29)43-20-10-5-4-9-13-35(43)46/h6-8,11-12,14-19,23,27,34,37,45H,4-5,9-10,13,20-22,24-26H2,1-3H3/t27-,34+,37-,39+/m1/s1. The Hall–Kier alpha value is -3.38. The van der Waals surface area contributed by atoms with Crippen LogP contribution in [0.15, 0.2) is 77.3 Å². The van der Waals surface area contributed by atoms with Crippen LogP contribution in [0.25, 0.3) is 0 Å². The average Bonchev–Trinajstić information content (AvgIpc) is 3.49. The maximum absolute atomic E-state index is 16.4. The topological polar surface area (TPSA) is 90.4 Å². The number of carbonyl (C=O) groups excluding carboxylic acids is 3. The van der Waals surface area contributed by atoms with Gasteiger partial charge in [-0.25, -0.2) is 0 Å². The molecule has 3 aliphatic rings. The van der Waals surface area contributed by atoms with E-state index in [9.17, 15) is 19.5 Å². The first-order chi connectivity index (χ1) is 23.9. The third-order valence-electron chi connectivity index (χ3n) is 10.6. The van der Waals surface area contributed by atoms with Gasteiger partial charge in [0.1, 0.15) is 0 Å². The number of ether oxygens (including phenoxy) is 1. The lowest BCUT2D eigenvalue weighted by atomic mass is 9.82. The van der Waals surface area contributed by atoms with Crippen molar-refractivity contribution >= 4 is 53.4 Å². The van der Waals surface area contributed by atoms with E-state index < -0.39 is 31.6 Å². The van der Waals surface area contributed by atoms with Gasteiger partial charge < -0.3 is 28.7 Å². The maximum Gasteiger partial charge on any atom is 0.264 e. The molecule has 11 heteroatoms. The molecule has 266 valence electrons. The van der Waals surface area contributed by atoms with Crippen molar-refractivity contribution in [3.8, 4) is 0 Å². The number of nitrogens with zero attached hydrogens (tertiary/aromatic N) is 3. The number of fused-ring (bicyclic) bond motifs is 2. The molecule has 0 saturated carbocycles. The first kappa shape index (κ1) is 36.4. The normalized spacial score (nSPS) is 24.0. The lowest BCUT2D eigenvalue weighted by Gasteiger charge is -2.31. The number of rotatable bonds is 10. The number of hydrogen-bond acceptors (Lipinski definition) is 5. The fourth-order valence-electron chi connectivity index (χ4n) is 8.29. The molecule has 4 atom stereocenters. The van der Waals surface area contributed by atoms with Gasteiger partial charge in [0.15, 0.2) is 5.60 Å². The van der Waals surface area contributed by atoms with E-state index in [1.807, 2.05) is 84.6 Å². The van der Waals surface area contributed by atoms with E-state index in [2.05, 4.69) is 15.9 Å². The number of aliphatic hydroxyl groups excluding tert-OH is 1. The van der Waals surface area contributed by atoms with Gasteiger partial charge in [0.2, 0.25) is 20.2 Å². The minimum atomic E-state index is -3.49. The Morgan fingerprint density at radius 3 is 2.44 bits per heavy atom. The first-order valence-corrected chi connectivity index (χ1v) is 21.5. The van der Waals surface area contributed by atoms with Gasteiger partial charge >= 0.3 is 0 Å². The minimum Gasteiger partial charge on any atom is -0.395 e. The number of amides is 3. The molecule has 8 nitrogen and oxygen atoms in total. The van der Waals surface area contributed by atoms with Crippen molar-refractivity contribution in [2.24, 2.45) is 5.92 Å². The molecule has 0 aromatic heterocycles. The number of carbonyl (C=O) groups is 3. The van der Waals surface area contributed by atoms with Gasteiger partial charge in [0.25, 0.3) is 5.91 Å². The van der Waals surface area contributed by atoms with Crippen LogP contribution in [0.5, 0.6) is 0 Å². The highest BCUT2D eigenvalue weighted by atomic mass is 79.9. The van der Waals surface area contributed by atoms with E-state index >= 15 is 4.11 Å². The highest BCUT2D eigenvalue weighted by Crippen LogP contribution is 2.60. The highest BCUT2D eigenvalue weighted by molar-refractivity contribution is 9.10. The summed E-state index contributed by atoms with van der Waals surface area (Å²) in [6, 6.07) is 23.0. The van der Waals surface area contributed by atoms with Crippen LogP contribution in [0.3, 0.4) is 0 Å². The maximum atomic E-state index is 16.4. The monoisotopic (exact) mass is 763 g/mol. The van der Waals surface area contributed by atoms with Crippen LogP contribution in [0.4, 0.5) is 15.5 Å². The van der Waals surface area contributed by atoms with Gasteiger partial charge in [-0.2, -0.15) is 0 Å². The predicted octanol–water partition coefficient (Wildman–Crippen LogP) is 7.48. The van der Waals surface area contributed by atoms with Crippen molar-refractivity contribution in [1.29, 1.82) is 0 Å². The Kier molecular flexibility index (Phi) is 11.0. The van der Waals surface area contributed by atoms with Crippen LogP contribution in [0.1, 0.15) is 62.1 Å². The third kappa shape index (κ3) is 7.19. The van der Waals surface area contributed by atoms with Crippen molar-refractivity contribution in [3.63, 3.8) is 0 Å². The van der Waals surface area contributed by atoms with Crippen molar-refractivity contribution in [1.82, 2.24) is 4.90 Å². The van der Waals surface area contributed by atoms with Crippen LogP contribution in [-0.4, -0.2) is 61.9 Å². The summed E-state index contributed by atoms with van der Waals surface area (Å²) in [5.74, 6) is -0.924. The fraction of sp³-hybridized carbons (Fsp3) is 0.462. The third-order valence-corrected chi connectivity index (χ3v) is 13.6. The van der Waals surface area contributed by atoms with Crippen LogP contribution in [0.2, 0.25) is 18.6 Å². The Morgan fingerprint density at radius 2 is 1.74 bits per heavy atom. The number of hydrogen-bond donors (Lipinski definition) is 1. The number of halogens is 2. The van der Waals surface area contributed by atoms with E-state index in [0.29, 0.717) is 30.8 Å². The molecule has 0 bridgehead atoms. The molecule has 1 spiro atoms. The Balaban J connectivity index is 1.29. The zero-order valence-corrected chi connectivity index (χ0v) is 31.7. The van der Waals surface area contributed by atoms with Crippen LogP contribution in [-0.2, 0) is 37.8 Å². The summed E-state index contributed by atoms with van der Waals surface area (Å²) in [5, 5.41) is 9.80. The molecule has 0 unspecified atom stereocenters.